The molecule has 3 heterocycles. The summed E-state index contributed by atoms with van der Waals surface area (Å²) < 4.78 is 5.42. The Balaban J connectivity index is 1.48. The Labute approximate surface area is 195 Å². The molecule has 2 aromatic carbocycles. The molecular formula is C27H33N3O3. The molecule has 33 heavy (non-hydrogen) atoms. The van der Waals surface area contributed by atoms with Gasteiger partial charge in [-0.05, 0) is 88.6 Å². The fourth-order valence-electron chi connectivity index (χ4n) is 5.60. The number of anilines is 3. The van der Waals surface area contributed by atoms with Crippen LogP contribution in [-0.2, 0) is 22.4 Å². The lowest BCUT2D eigenvalue weighted by Crippen LogP contribution is -2.40. The zero-order chi connectivity index (χ0) is 23.2. The number of fused-ring (bicyclic) bond motifs is 4. The Morgan fingerprint density at radius 1 is 0.939 bits per heavy atom. The number of ether oxygens (including phenoxy) is 1. The molecule has 5 rings (SSSR count). The second-order valence-corrected chi connectivity index (χ2v) is 10.5. The summed E-state index contributed by atoms with van der Waals surface area (Å²) in [7, 11) is 0. The van der Waals surface area contributed by atoms with Crippen LogP contribution in [0.1, 0.15) is 57.6 Å². The average molecular weight is 448 g/mol. The zero-order valence-corrected chi connectivity index (χ0v) is 19.8. The number of carbonyl (C=O) groups is 2. The number of rotatable bonds is 3. The molecule has 0 atom stereocenters. The SMILES string of the molecule is CC(C)(C)OC(=O)Nc1ccc2c(c1)N(C(=O)CN1[C@H]3CC[C@@H]1CC3)c1ccccc1CC2. The predicted molar refractivity (Wildman–Crippen MR) is 130 cm³/mol. The summed E-state index contributed by atoms with van der Waals surface area (Å²) in [5, 5.41) is 2.84. The molecule has 2 amide bonds. The van der Waals surface area contributed by atoms with Gasteiger partial charge in [0.15, 0.2) is 0 Å². The molecule has 0 radical (unpaired) electrons. The van der Waals surface area contributed by atoms with Gasteiger partial charge in [-0.1, -0.05) is 24.3 Å². The summed E-state index contributed by atoms with van der Waals surface area (Å²) in [5.41, 5.74) is 4.13. The van der Waals surface area contributed by atoms with Crippen molar-refractivity contribution in [1.82, 2.24) is 4.90 Å². The lowest BCUT2D eigenvalue weighted by Gasteiger charge is -2.29. The number of nitrogens with one attached hydrogen (secondary N) is 1. The summed E-state index contributed by atoms with van der Waals surface area (Å²) in [6.45, 7) is 5.96. The van der Waals surface area contributed by atoms with Crippen molar-refractivity contribution in [3.05, 3.63) is 53.6 Å². The van der Waals surface area contributed by atoms with Crippen LogP contribution in [0.15, 0.2) is 42.5 Å². The minimum absolute atomic E-state index is 0.0961. The summed E-state index contributed by atoms with van der Waals surface area (Å²) in [6.07, 6.45) is 6.04. The molecule has 0 spiro atoms. The molecule has 3 aliphatic rings. The maximum atomic E-state index is 13.8. The van der Waals surface area contributed by atoms with Gasteiger partial charge in [-0.15, -0.1) is 0 Å². The van der Waals surface area contributed by atoms with E-state index >= 15 is 0 Å². The normalized spacial score (nSPS) is 21.8. The van der Waals surface area contributed by atoms with Gasteiger partial charge in [-0.2, -0.15) is 0 Å². The van der Waals surface area contributed by atoms with E-state index in [-0.39, 0.29) is 5.91 Å². The maximum absolute atomic E-state index is 13.8. The third-order valence-electron chi connectivity index (χ3n) is 7.04. The van der Waals surface area contributed by atoms with Crippen molar-refractivity contribution in [2.75, 3.05) is 16.8 Å². The molecule has 1 N–H and O–H groups in total. The highest BCUT2D eigenvalue weighted by molar-refractivity contribution is 6.04. The van der Waals surface area contributed by atoms with Gasteiger partial charge in [0.05, 0.1) is 17.9 Å². The van der Waals surface area contributed by atoms with Crippen LogP contribution in [0.4, 0.5) is 21.9 Å². The Morgan fingerprint density at radius 2 is 1.58 bits per heavy atom. The predicted octanol–water partition coefficient (Wildman–Crippen LogP) is 5.42. The van der Waals surface area contributed by atoms with Crippen LogP contribution in [0.3, 0.4) is 0 Å². The molecule has 0 aliphatic carbocycles. The van der Waals surface area contributed by atoms with Gasteiger partial charge >= 0.3 is 6.09 Å². The molecule has 2 saturated heterocycles. The second kappa shape index (κ2) is 8.49. The van der Waals surface area contributed by atoms with Gasteiger partial charge in [0, 0.05) is 17.8 Å². The molecule has 0 aromatic heterocycles. The highest BCUT2D eigenvalue weighted by Crippen LogP contribution is 2.40. The fraction of sp³-hybridized carbons (Fsp3) is 0.481. The highest BCUT2D eigenvalue weighted by Gasteiger charge is 2.41. The maximum Gasteiger partial charge on any atom is 0.412 e. The first-order valence-electron chi connectivity index (χ1n) is 12.1. The zero-order valence-electron chi connectivity index (χ0n) is 19.8. The Hall–Kier alpha value is -2.86. The quantitative estimate of drug-likeness (QED) is 0.682. The number of para-hydroxylation sites is 1. The number of amides is 2. The van der Waals surface area contributed by atoms with E-state index < -0.39 is 11.7 Å². The number of benzene rings is 2. The number of hydrogen-bond donors (Lipinski definition) is 1. The van der Waals surface area contributed by atoms with E-state index in [0.717, 1.165) is 29.8 Å². The van der Waals surface area contributed by atoms with Crippen LogP contribution in [0, 0.1) is 0 Å². The first-order valence-corrected chi connectivity index (χ1v) is 12.1. The second-order valence-electron chi connectivity index (χ2n) is 10.5. The monoisotopic (exact) mass is 447 g/mol. The van der Waals surface area contributed by atoms with Crippen molar-refractivity contribution >= 4 is 29.1 Å². The van der Waals surface area contributed by atoms with Crippen molar-refractivity contribution in [3.63, 3.8) is 0 Å². The van der Waals surface area contributed by atoms with E-state index in [1.165, 1.54) is 31.2 Å². The number of aryl methyl sites for hydroxylation is 2. The van der Waals surface area contributed by atoms with E-state index in [1.54, 1.807) is 0 Å². The van der Waals surface area contributed by atoms with Crippen LogP contribution < -0.4 is 10.2 Å². The lowest BCUT2D eigenvalue weighted by atomic mass is 10.0. The molecule has 2 aromatic rings. The Bertz CT molecular complexity index is 1050. The van der Waals surface area contributed by atoms with Crippen LogP contribution in [0.2, 0.25) is 0 Å². The van der Waals surface area contributed by atoms with E-state index in [4.69, 9.17) is 4.74 Å². The average Bonchev–Trinajstić information content (AvgIpc) is 3.26. The first-order chi connectivity index (χ1) is 15.8. The highest BCUT2D eigenvalue weighted by atomic mass is 16.6. The van der Waals surface area contributed by atoms with Crippen molar-refractivity contribution in [3.8, 4) is 0 Å². The summed E-state index contributed by atoms with van der Waals surface area (Å²) in [5.74, 6) is 0.0961. The summed E-state index contributed by atoms with van der Waals surface area (Å²) in [6, 6.07) is 15.1. The standard InChI is InChI=1S/C27H33N3O3/c1-27(2,3)33-26(32)28-20-11-10-19-9-8-18-6-4-5-7-23(18)30(24(19)16-20)25(31)17-29-21-12-13-22(29)15-14-21/h4-7,10-11,16,21-22H,8-9,12-15,17H2,1-3H3,(H,28,32)/t21-,22+. The van der Waals surface area contributed by atoms with Crippen molar-refractivity contribution in [1.29, 1.82) is 0 Å². The number of hydrogen-bond acceptors (Lipinski definition) is 4. The molecule has 3 aliphatic heterocycles. The topological polar surface area (TPSA) is 61.9 Å². The van der Waals surface area contributed by atoms with Crippen molar-refractivity contribution in [2.45, 2.75) is 77.0 Å². The minimum Gasteiger partial charge on any atom is -0.444 e. The third kappa shape index (κ3) is 4.49. The van der Waals surface area contributed by atoms with Crippen LogP contribution >= 0.6 is 0 Å². The van der Waals surface area contributed by atoms with E-state index in [1.807, 2.05) is 62.1 Å². The van der Waals surface area contributed by atoms with Gasteiger partial charge in [-0.25, -0.2) is 4.79 Å². The Kier molecular flexibility index (Phi) is 5.65. The Morgan fingerprint density at radius 3 is 2.24 bits per heavy atom. The minimum atomic E-state index is -0.578. The van der Waals surface area contributed by atoms with E-state index in [9.17, 15) is 9.59 Å². The summed E-state index contributed by atoms with van der Waals surface area (Å²) in [4.78, 5) is 30.5. The largest absolute Gasteiger partial charge is 0.444 e. The van der Waals surface area contributed by atoms with Gasteiger partial charge in [0.1, 0.15) is 5.60 Å². The molecule has 2 fully saturated rings. The van der Waals surface area contributed by atoms with Crippen molar-refractivity contribution in [2.24, 2.45) is 0 Å². The third-order valence-corrected chi connectivity index (χ3v) is 7.04. The fourth-order valence-corrected chi connectivity index (χ4v) is 5.60. The van der Waals surface area contributed by atoms with Gasteiger partial charge in [0.25, 0.3) is 0 Å². The van der Waals surface area contributed by atoms with Gasteiger partial charge in [0.2, 0.25) is 5.91 Å². The van der Waals surface area contributed by atoms with Gasteiger partial charge < -0.3 is 4.74 Å². The van der Waals surface area contributed by atoms with Crippen LogP contribution in [0.25, 0.3) is 0 Å². The lowest BCUT2D eigenvalue weighted by molar-refractivity contribution is -0.119. The molecule has 6 nitrogen and oxygen atoms in total. The van der Waals surface area contributed by atoms with Crippen LogP contribution in [0.5, 0.6) is 0 Å². The number of carbonyl (C=O) groups excluding carboxylic acids is 2. The molecule has 0 saturated carbocycles. The first kappa shape index (κ1) is 22.0. The van der Waals surface area contributed by atoms with E-state index in [0.29, 0.717) is 24.3 Å². The van der Waals surface area contributed by atoms with Crippen molar-refractivity contribution < 1.29 is 14.3 Å². The van der Waals surface area contributed by atoms with Gasteiger partial charge in [-0.3, -0.25) is 19.9 Å². The molecular weight excluding hydrogens is 414 g/mol. The van der Waals surface area contributed by atoms with Crippen LogP contribution in [-0.4, -0.2) is 41.1 Å². The number of nitrogens with zero attached hydrogens (tertiary/aromatic N) is 2. The molecule has 0 unspecified atom stereocenters. The summed E-state index contributed by atoms with van der Waals surface area (Å²) >= 11 is 0. The van der Waals surface area contributed by atoms with E-state index in [2.05, 4.69) is 16.3 Å². The smallest absolute Gasteiger partial charge is 0.412 e. The molecule has 174 valence electrons. The molecule has 2 bridgehead atoms. The molecule has 6 heteroatoms.